The summed E-state index contributed by atoms with van der Waals surface area (Å²) in [6.45, 7) is 1.82. The van der Waals surface area contributed by atoms with Crippen molar-refractivity contribution >= 4 is 5.69 Å². The van der Waals surface area contributed by atoms with Gasteiger partial charge in [0.15, 0.2) is 11.5 Å². The molecule has 0 aromatic heterocycles. The fraction of sp³-hybridized carbons (Fsp3) is 0.385. The second kappa shape index (κ2) is 5.94. The Morgan fingerprint density at radius 2 is 1.68 bits per heavy atom. The summed E-state index contributed by atoms with van der Waals surface area (Å²) in [5.41, 5.74) is 7.36. The largest absolute Gasteiger partial charge is 0.486 e. The molecule has 1 heterocycles. The molecule has 0 saturated heterocycles. The summed E-state index contributed by atoms with van der Waals surface area (Å²) in [4.78, 5) is 1.71. The first-order valence-corrected chi connectivity index (χ1v) is 5.89. The average Bonchev–Trinajstić information content (AvgIpc) is 2.40. The maximum atomic E-state index is 8.73. The smallest absolute Gasteiger partial charge is 0.163 e. The average molecular weight is 258 g/mol. The van der Waals surface area contributed by atoms with Crippen LogP contribution in [-0.4, -0.2) is 31.2 Å². The van der Waals surface area contributed by atoms with Crippen molar-refractivity contribution in [3.63, 3.8) is 0 Å². The molecular formula is C13H14N4O2. The van der Waals surface area contributed by atoms with E-state index in [-0.39, 0.29) is 13.1 Å². The number of ether oxygens (including phenoxy) is 2. The maximum absolute atomic E-state index is 8.73. The van der Waals surface area contributed by atoms with Crippen molar-refractivity contribution in [3.8, 4) is 23.6 Å². The second-order valence-electron chi connectivity index (χ2n) is 4.16. The number of nitrogens with two attached hydrogens (primary N) is 1. The fourth-order valence-corrected chi connectivity index (χ4v) is 1.89. The van der Waals surface area contributed by atoms with E-state index in [4.69, 9.17) is 25.7 Å². The van der Waals surface area contributed by atoms with E-state index >= 15 is 0 Å². The van der Waals surface area contributed by atoms with Crippen LogP contribution in [0, 0.1) is 22.7 Å². The molecular weight excluding hydrogens is 244 g/mol. The standard InChI is InChI=1S/C13H14N4O2/c14-1-3-17(4-2-15)9-10-7-12-13(8-11(10)16)19-6-5-18-12/h7-8H,3-6,9,16H2. The van der Waals surface area contributed by atoms with Crippen molar-refractivity contribution in [2.24, 2.45) is 0 Å². The molecule has 0 spiro atoms. The number of fused-ring (bicyclic) bond motifs is 1. The molecule has 2 N–H and O–H groups in total. The molecule has 6 nitrogen and oxygen atoms in total. The zero-order valence-electron chi connectivity index (χ0n) is 10.4. The van der Waals surface area contributed by atoms with Gasteiger partial charge in [0.05, 0.1) is 25.2 Å². The van der Waals surface area contributed by atoms with Gasteiger partial charge in [-0.3, -0.25) is 4.90 Å². The minimum Gasteiger partial charge on any atom is -0.486 e. The zero-order chi connectivity index (χ0) is 13.7. The van der Waals surface area contributed by atoms with Gasteiger partial charge in [-0.05, 0) is 11.6 Å². The second-order valence-corrected chi connectivity index (χ2v) is 4.16. The quantitative estimate of drug-likeness (QED) is 0.636. The summed E-state index contributed by atoms with van der Waals surface area (Å²) in [6, 6.07) is 7.60. The number of nitrogens with zero attached hydrogens (tertiary/aromatic N) is 3. The highest BCUT2D eigenvalue weighted by atomic mass is 16.6. The van der Waals surface area contributed by atoms with Gasteiger partial charge in [0, 0.05) is 18.3 Å². The van der Waals surface area contributed by atoms with E-state index in [0.29, 0.717) is 36.9 Å². The van der Waals surface area contributed by atoms with E-state index in [9.17, 15) is 0 Å². The Morgan fingerprint density at radius 3 is 2.26 bits per heavy atom. The van der Waals surface area contributed by atoms with E-state index in [0.717, 1.165) is 5.56 Å². The molecule has 0 radical (unpaired) electrons. The lowest BCUT2D eigenvalue weighted by molar-refractivity contribution is 0.171. The van der Waals surface area contributed by atoms with Crippen molar-refractivity contribution in [3.05, 3.63) is 17.7 Å². The highest BCUT2D eigenvalue weighted by molar-refractivity contribution is 5.58. The van der Waals surface area contributed by atoms with Gasteiger partial charge in [-0.1, -0.05) is 0 Å². The molecule has 1 aromatic rings. The van der Waals surface area contributed by atoms with Crippen LogP contribution in [0.4, 0.5) is 5.69 Å². The molecule has 0 atom stereocenters. The van der Waals surface area contributed by atoms with E-state index in [1.165, 1.54) is 0 Å². The highest BCUT2D eigenvalue weighted by Gasteiger charge is 2.16. The van der Waals surface area contributed by atoms with Crippen LogP contribution in [0.1, 0.15) is 5.56 Å². The van der Waals surface area contributed by atoms with Crippen molar-refractivity contribution in [2.45, 2.75) is 6.54 Å². The lowest BCUT2D eigenvalue weighted by atomic mass is 10.1. The van der Waals surface area contributed by atoms with Gasteiger partial charge in [-0.15, -0.1) is 0 Å². The number of anilines is 1. The van der Waals surface area contributed by atoms with E-state index in [1.54, 1.807) is 11.0 Å². The number of hydrogen-bond acceptors (Lipinski definition) is 6. The molecule has 0 fully saturated rings. The molecule has 2 rings (SSSR count). The van der Waals surface area contributed by atoms with Gasteiger partial charge in [0.25, 0.3) is 0 Å². The summed E-state index contributed by atoms with van der Waals surface area (Å²) in [5.74, 6) is 1.30. The van der Waals surface area contributed by atoms with Gasteiger partial charge < -0.3 is 15.2 Å². The highest BCUT2D eigenvalue weighted by Crippen LogP contribution is 2.34. The monoisotopic (exact) mass is 258 g/mol. The molecule has 0 bridgehead atoms. The molecule has 6 heteroatoms. The molecule has 98 valence electrons. The van der Waals surface area contributed by atoms with Crippen LogP contribution >= 0.6 is 0 Å². The number of hydrogen-bond donors (Lipinski definition) is 1. The lowest BCUT2D eigenvalue weighted by Gasteiger charge is -2.22. The number of nitrogen functional groups attached to an aromatic ring is 1. The number of nitriles is 2. The summed E-state index contributed by atoms with van der Waals surface area (Å²) >= 11 is 0. The maximum Gasteiger partial charge on any atom is 0.163 e. The first-order chi connectivity index (χ1) is 9.24. The minimum absolute atomic E-state index is 0.182. The van der Waals surface area contributed by atoms with Crippen LogP contribution in [0.15, 0.2) is 12.1 Å². The van der Waals surface area contributed by atoms with E-state index in [2.05, 4.69) is 0 Å². The van der Waals surface area contributed by atoms with Gasteiger partial charge in [-0.25, -0.2) is 0 Å². The van der Waals surface area contributed by atoms with Crippen LogP contribution < -0.4 is 15.2 Å². The van der Waals surface area contributed by atoms with Gasteiger partial charge in [0.2, 0.25) is 0 Å². The third-order valence-electron chi connectivity index (χ3n) is 2.79. The third kappa shape index (κ3) is 3.06. The molecule has 1 aromatic carbocycles. The van der Waals surface area contributed by atoms with Crippen molar-refractivity contribution in [1.82, 2.24) is 4.90 Å². The molecule has 0 aliphatic carbocycles. The molecule has 19 heavy (non-hydrogen) atoms. The summed E-state index contributed by atoms with van der Waals surface area (Å²) in [7, 11) is 0. The first-order valence-electron chi connectivity index (χ1n) is 5.89. The number of benzene rings is 1. The lowest BCUT2D eigenvalue weighted by Crippen LogP contribution is -2.24. The van der Waals surface area contributed by atoms with Crippen LogP contribution in [0.5, 0.6) is 11.5 Å². The fourth-order valence-electron chi connectivity index (χ4n) is 1.89. The van der Waals surface area contributed by atoms with Crippen molar-refractivity contribution < 1.29 is 9.47 Å². The van der Waals surface area contributed by atoms with Crippen LogP contribution in [0.25, 0.3) is 0 Å². The summed E-state index contributed by atoms with van der Waals surface area (Å²) in [6.07, 6.45) is 0. The topological polar surface area (TPSA) is 95.3 Å². The predicted molar refractivity (Wildman–Crippen MR) is 68.3 cm³/mol. The van der Waals surface area contributed by atoms with E-state index < -0.39 is 0 Å². The third-order valence-corrected chi connectivity index (χ3v) is 2.79. The summed E-state index contributed by atoms with van der Waals surface area (Å²) in [5, 5.41) is 17.5. The Labute approximate surface area is 111 Å². The molecule has 0 unspecified atom stereocenters. The van der Waals surface area contributed by atoms with Gasteiger partial charge in [0.1, 0.15) is 13.2 Å². The molecule has 0 amide bonds. The van der Waals surface area contributed by atoms with Crippen molar-refractivity contribution in [1.29, 1.82) is 10.5 Å². The normalized spacial score (nSPS) is 12.8. The van der Waals surface area contributed by atoms with Crippen LogP contribution in [0.3, 0.4) is 0 Å². The van der Waals surface area contributed by atoms with Crippen LogP contribution in [-0.2, 0) is 6.54 Å². The first kappa shape index (κ1) is 13.0. The molecule has 0 saturated carbocycles. The van der Waals surface area contributed by atoms with E-state index in [1.807, 2.05) is 18.2 Å². The SMILES string of the molecule is N#CCN(CC#N)Cc1cc2c(cc1N)OCCO2. The Bertz CT molecular complexity index is 529. The predicted octanol–water partition coefficient (Wildman–Crippen LogP) is 0.889. The van der Waals surface area contributed by atoms with Gasteiger partial charge in [-0.2, -0.15) is 10.5 Å². The minimum atomic E-state index is 0.182. The summed E-state index contributed by atoms with van der Waals surface area (Å²) < 4.78 is 10.9. The molecule has 1 aliphatic rings. The van der Waals surface area contributed by atoms with Crippen LogP contribution in [0.2, 0.25) is 0 Å². The Balaban J connectivity index is 2.20. The number of rotatable bonds is 4. The Morgan fingerprint density at radius 1 is 1.11 bits per heavy atom. The Kier molecular flexibility index (Phi) is 4.07. The Hall–Kier alpha value is -2.44. The van der Waals surface area contributed by atoms with Gasteiger partial charge >= 0.3 is 0 Å². The van der Waals surface area contributed by atoms with Crippen molar-refractivity contribution in [2.75, 3.05) is 32.0 Å². The zero-order valence-corrected chi connectivity index (χ0v) is 10.4. The molecule has 1 aliphatic heterocycles.